The normalized spacial score (nSPS) is 12.1. The molecule has 0 unspecified atom stereocenters. The third kappa shape index (κ3) is 3.25. The molecule has 2 aromatic rings. The molecule has 0 N–H and O–H groups in total. The molecule has 0 aliphatic carbocycles. The number of benzene rings is 1. The Hall–Kier alpha value is -1.59. The fourth-order valence-electron chi connectivity index (χ4n) is 2.29. The Balaban J connectivity index is 2.25. The first-order valence-electron chi connectivity index (χ1n) is 6.89. The van der Waals surface area contributed by atoms with E-state index in [-0.39, 0.29) is 11.9 Å². The molecule has 1 atom stereocenters. The zero-order valence-corrected chi connectivity index (χ0v) is 14.9. The van der Waals surface area contributed by atoms with Gasteiger partial charge in [-0.3, -0.25) is 4.79 Å². The molecule has 1 aromatic heterocycles. The largest absolute Gasteiger partial charge is 0.495 e. The fraction of sp³-hybridized carbons (Fsp3) is 0.375. The standard InChI is InChI=1S/C16H19ClN2O2S/c1-9(15-10(2)22-11(3)18-15)19(4)16(20)12-6-7-14(21-5)13(17)8-12/h6-9H,1-5H3/t9-/m0/s1. The number of hydrogen-bond acceptors (Lipinski definition) is 4. The van der Waals surface area contributed by atoms with E-state index in [1.807, 2.05) is 20.8 Å². The van der Waals surface area contributed by atoms with Crippen LogP contribution in [-0.4, -0.2) is 29.9 Å². The molecule has 0 bridgehead atoms. The summed E-state index contributed by atoms with van der Waals surface area (Å²) >= 11 is 7.74. The van der Waals surface area contributed by atoms with Gasteiger partial charge in [-0.1, -0.05) is 11.6 Å². The van der Waals surface area contributed by atoms with E-state index in [0.29, 0.717) is 16.3 Å². The van der Waals surface area contributed by atoms with Crippen LogP contribution in [0.15, 0.2) is 18.2 Å². The first kappa shape index (κ1) is 16.8. The van der Waals surface area contributed by atoms with Crippen LogP contribution < -0.4 is 4.74 Å². The van der Waals surface area contributed by atoms with Crippen LogP contribution in [0.2, 0.25) is 5.02 Å². The zero-order valence-electron chi connectivity index (χ0n) is 13.3. The number of nitrogens with zero attached hydrogens (tertiary/aromatic N) is 2. The van der Waals surface area contributed by atoms with Crippen LogP contribution in [0.1, 0.15) is 38.9 Å². The number of thiazole rings is 1. The summed E-state index contributed by atoms with van der Waals surface area (Å²) in [5.74, 6) is 0.460. The number of ether oxygens (including phenoxy) is 1. The van der Waals surface area contributed by atoms with Crippen molar-refractivity contribution in [3.8, 4) is 5.75 Å². The van der Waals surface area contributed by atoms with Crippen LogP contribution in [0, 0.1) is 13.8 Å². The molecule has 1 amide bonds. The van der Waals surface area contributed by atoms with Crippen molar-refractivity contribution in [1.29, 1.82) is 0 Å². The SMILES string of the molecule is COc1ccc(C(=O)N(C)[C@@H](C)c2nc(C)sc2C)cc1Cl. The van der Waals surface area contributed by atoms with Crippen LogP contribution in [0.5, 0.6) is 5.75 Å². The van der Waals surface area contributed by atoms with Crippen LogP contribution in [-0.2, 0) is 0 Å². The van der Waals surface area contributed by atoms with Gasteiger partial charge in [-0.25, -0.2) is 4.98 Å². The molecule has 0 aliphatic rings. The van der Waals surface area contributed by atoms with E-state index in [1.165, 1.54) is 0 Å². The summed E-state index contributed by atoms with van der Waals surface area (Å²) in [6.07, 6.45) is 0. The van der Waals surface area contributed by atoms with Gasteiger partial charge in [-0.15, -0.1) is 11.3 Å². The van der Waals surface area contributed by atoms with Gasteiger partial charge >= 0.3 is 0 Å². The maximum Gasteiger partial charge on any atom is 0.254 e. The quantitative estimate of drug-likeness (QED) is 0.836. The minimum atomic E-state index is -0.0988. The smallest absolute Gasteiger partial charge is 0.254 e. The van der Waals surface area contributed by atoms with Gasteiger partial charge in [0.2, 0.25) is 0 Å². The van der Waals surface area contributed by atoms with Gasteiger partial charge in [-0.2, -0.15) is 0 Å². The molecule has 118 valence electrons. The number of hydrogen-bond donors (Lipinski definition) is 0. The van der Waals surface area contributed by atoms with Gasteiger partial charge < -0.3 is 9.64 Å². The minimum absolute atomic E-state index is 0.0953. The van der Waals surface area contributed by atoms with Crippen molar-refractivity contribution in [2.45, 2.75) is 26.8 Å². The monoisotopic (exact) mass is 338 g/mol. The molecule has 6 heteroatoms. The Morgan fingerprint density at radius 1 is 1.41 bits per heavy atom. The molecule has 1 heterocycles. The number of aromatic nitrogens is 1. The Kier molecular flexibility index (Phi) is 5.08. The lowest BCUT2D eigenvalue weighted by Gasteiger charge is -2.24. The number of carbonyl (C=O) groups is 1. The van der Waals surface area contributed by atoms with Crippen LogP contribution in [0.3, 0.4) is 0 Å². The van der Waals surface area contributed by atoms with Gasteiger partial charge in [0.1, 0.15) is 5.75 Å². The summed E-state index contributed by atoms with van der Waals surface area (Å²) in [4.78, 5) is 20.0. The van der Waals surface area contributed by atoms with Crippen molar-refractivity contribution in [3.63, 3.8) is 0 Å². The first-order valence-corrected chi connectivity index (χ1v) is 8.09. The summed E-state index contributed by atoms with van der Waals surface area (Å²) in [6.45, 7) is 5.97. The highest BCUT2D eigenvalue weighted by Crippen LogP contribution is 2.29. The zero-order chi connectivity index (χ0) is 16.4. The van der Waals surface area contributed by atoms with Crippen LogP contribution in [0.4, 0.5) is 0 Å². The van der Waals surface area contributed by atoms with Crippen molar-refractivity contribution in [2.75, 3.05) is 14.2 Å². The summed E-state index contributed by atoms with van der Waals surface area (Å²) in [7, 11) is 3.32. The van der Waals surface area contributed by atoms with E-state index in [0.717, 1.165) is 15.6 Å². The van der Waals surface area contributed by atoms with E-state index in [4.69, 9.17) is 16.3 Å². The van der Waals surface area contributed by atoms with Crippen molar-refractivity contribution in [1.82, 2.24) is 9.88 Å². The Bertz CT molecular complexity index is 699. The highest BCUT2D eigenvalue weighted by molar-refractivity contribution is 7.11. The number of halogens is 1. The van der Waals surface area contributed by atoms with Gasteiger partial charge in [0.05, 0.1) is 28.9 Å². The van der Waals surface area contributed by atoms with Gasteiger partial charge in [0.25, 0.3) is 5.91 Å². The molecule has 22 heavy (non-hydrogen) atoms. The third-order valence-corrected chi connectivity index (χ3v) is 4.83. The highest BCUT2D eigenvalue weighted by Gasteiger charge is 2.23. The lowest BCUT2D eigenvalue weighted by molar-refractivity contribution is 0.0739. The highest BCUT2D eigenvalue weighted by atomic mass is 35.5. The number of methoxy groups -OCH3 is 1. The Labute approximate surface area is 139 Å². The maximum absolute atomic E-state index is 12.6. The van der Waals surface area contributed by atoms with Crippen molar-refractivity contribution < 1.29 is 9.53 Å². The molecule has 0 saturated carbocycles. The summed E-state index contributed by atoms with van der Waals surface area (Å²) in [6, 6.07) is 4.95. The lowest BCUT2D eigenvalue weighted by atomic mass is 10.1. The van der Waals surface area contributed by atoms with Crippen molar-refractivity contribution in [2.24, 2.45) is 0 Å². The molecular weight excluding hydrogens is 320 g/mol. The summed E-state index contributed by atoms with van der Waals surface area (Å²) in [5, 5.41) is 1.43. The Morgan fingerprint density at radius 3 is 2.59 bits per heavy atom. The molecule has 2 rings (SSSR count). The molecular formula is C16H19ClN2O2S. The second-order valence-electron chi connectivity index (χ2n) is 5.12. The van der Waals surface area contributed by atoms with E-state index in [2.05, 4.69) is 4.98 Å². The fourth-order valence-corrected chi connectivity index (χ4v) is 3.46. The molecule has 0 saturated heterocycles. The molecule has 1 aromatic carbocycles. The van der Waals surface area contributed by atoms with Gasteiger partial charge in [0.15, 0.2) is 0 Å². The number of rotatable bonds is 4. The molecule has 4 nitrogen and oxygen atoms in total. The number of aryl methyl sites for hydroxylation is 2. The molecule has 0 spiro atoms. The van der Waals surface area contributed by atoms with E-state index < -0.39 is 0 Å². The second-order valence-corrected chi connectivity index (χ2v) is 6.93. The third-order valence-electron chi connectivity index (χ3n) is 3.64. The van der Waals surface area contributed by atoms with E-state index in [1.54, 1.807) is 48.6 Å². The average Bonchev–Trinajstić information content (AvgIpc) is 2.83. The molecule has 0 radical (unpaired) electrons. The average molecular weight is 339 g/mol. The summed E-state index contributed by atoms with van der Waals surface area (Å²) < 4.78 is 5.11. The van der Waals surface area contributed by atoms with Crippen molar-refractivity contribution in [3.05, 3.63) is 44.4 Å². The van der Waals surface area contributed by atoms with Gasteiger partial charge in [0, 0.05) is 17.5 Å². The Morgan fingerprint density at radius 2 is 2.09 bits per heavy atom. The lowest BCUT2D eigenvalue weighted by Crippen LogP contribution is -2.30. The molecule has 0 fully saturated rings. The molecule has 0 aliphatic heterocycles. The topological polar surface area (TPSA) is 42.4 Å². The predicted molar refractivity (Wildman–Crippen MR) is 90.1 cm³/mol. The first-order chi connectivity index (χ1) is 10.3. The minimum Gasteiger partial charge on any atom is -0.495 e. The van der Waals surface area contributed by atoms with Crippen molar-refractivity contribution >= 4 is 28.8 Å². The van der Waals surface area contributed by atoms with E-state index >= 15 is 0 Å². The van der Waals surface area contributed by atoms with Gasteiger partial charge in [-0.05, 0) is 39.0 Å². The number of amides is 1. The maximum atomic E-state index is 12.6. The van der Waals surface area contributed by atoms with E-state index in [9.17, 15) is 4.79 Å². The summed E-state index contributed by atoms with van der Waals surface area (Å²) in [5.41, 5.74) is 1.47. The second kappa shape index (κ2) is 6.67. The van der Waals surface area contributed by atoms with Crippen LogP contribution in [0.25, 0.3) is 0 Å². The predicted octanol–water partition coefficient (Wildman–Crippen LogP) is 4.26. The van der Waals surface area contributed by atoms with Crippen LogP contribution >= 0.6 is 22.9 Å². The number of carbonyl (C=O) groups excluding carboxylic acids is 1.